The average Bonchev–Trinajstić information content (AvgIpc) is 1.91. The quantitative estimate of drug-likeness (QED) is 0.553. The van der Waals surface area contributed by atoms with Crippen molar-refractivity contribution in [3.8, 4) is 0 Å². The van der Waals surface area contributed by atoms with E-state index in [4.69, 9.17) is 5.11 Å². The first-order valence-corrected chi connectivity index (χ1v) is 4.20. The van der Waals surface area contributed by atoms with Crippen LogP contribution in [0.25, 0.3) is 0 Å². The summed E-state index contributed by atoms with van der Waals surface area (Å²) >= 11 is 1.90. The number of nitrogens with one attached hydrogen (secondary N) is 1. The fourth-order valence-corrected chi connectivity index (χ4v) is 1.59. The van der Waals surface area contributed by atoms with E-state index in [0.29, 0.717) is 0 Å². The van der Waals surface area contributed by atoms with Crippen LogP contribution in [0.5, 0.6) is 0 Å². The molecule has 1 heterocycles. The van der Waals surface area contributed by atoms with Gasteiger partial charge in [0.25, 0.3) is 0 Å². The lowest BCUT2D eigenvalue weighted by molar-refractivity contribution is 0.341. The minimum absolute atomic E-state index is 0.156. The Bertz CT molecular complexity index is 106. The summed E-state index contributed by atoms with van der Waals surface area (Å²) in [5.41, 5.74) is 1.17. The molecule has 2 N–H and O–H groups in total. The van der Waals surface area contributed by atoms with Crippen molar-refractivity contribution in [1.29, 1.82) is 0 Å². The molecular weight excluding hydrogens is 134 g/mol. The predicted molar refractivity (Wildman–Crippen MR) is 40.5 cm³/mol. The van der Waals surface area contributed by atoms with Gasteiger partial charge in [0.2, 0.25) is 0 Å². The second-order valence-corrected chi connectivity index (χ2v) is 3.00. The molecular formula is C6H11NOS. The van der Waals surface area contributed by atoms with Crippen LogP contribution in [0, 0.1) is 0 Å². The van der Waals surface area contributed by atoms with Crippen LogP contribution in [-0.2, 0) is 0 Å². The van der Waals surface area contributed by atoms with Crippen LogP contribution in [0.1, 0.15) is 0 Å². The van der Waals surface area contributed by atoms with E-state index in [2.05, 4.69) is 5.32 Å². The van der Waals surface area contributed by atoms with Gasteiger partial charge in [-0.2, -0.15) is 11.8 Å². The Morgan fingerprint density at radius 3 is 3.22 bits per heavy atom. The van der Waals surface area contributed by atoms with Crippen molar-refractivity contribution in [2.45, 2.75) is 0 Å². The SMILES string of the molecule is OC/C=C1/CSCCN1. The Kier molecular flexibility index (Phi) is 2.94. The Morgan fingerprint density at radius 1 is 1.78 bits per heavy atom. The van der Waals surface area contributed by atoms with E-state index in [0.717, 1.165) is 12.3 Å². The number of aliphatic hydroxyl groups excluding tert-OH is 1. The lowest BCUT2D eigenvalue weighted by atomic mass is 10.4. The zero-order chi connectivity index (χ0) is 6.53. The van der Waals surface area contributed by atoms with Gasteiger partial charge in [0, 0.05) is 23.7 Å². The number of rotatable bonds is 1. The Labute approximate surface area is 59.3 Å². The topological polar surface area (TPSA) is 32.3 Å². The Morgan fingerprint density at radius 2 is 2.67 bits per heavy atom. The maximum atomic E-state index is 8.49. The molecule has 0 saturated carbocycles. The molecule has 1 aliphatic rings. The van der Waals surface area contributed by atoms with Gasteiger partial charge in [0.05, 0.1) is 6.61 Å². The summed E-state index contributed by atoms with van der Waals surface area (Å²) in [7, 11) is 0. The van der Waals surface area contributed by atoms with E-state index < -0.39 is 0 Å². The van der Waals surface area contributed by atoms with E-state index in [-0.39, 0.29) is 6.61 Å². The molecule has 0 aromatic carbocycles. The summed E-state index contributed by atoms with van der Waals surface area (Å²) in [6.07, 6.45) is 1.83. The summed E-state index contributed by atoms with van der Waals surface area (Å²) in [6, 6.07) is 0. The van der Waals surface area contributed by atoms with Crippen LogP contribution in [0.3, 0.4) is 0 Å². The molecule has 9 heavy (non-hydrogen) atoms. The first-order chi connectivity index (χ1) is 4.43. The van der Waals surface area contributed by atoms with E-state index >= 15 is 0 Å². The van der Waals surface area contributed by atoms with Crippen molar-refractivity contribution >= 4 is 11.8 Å². The molecule has 0 atom stereocenters. The van der Waals surface area contributed by atoms with Gasteiger partial charge < -0.3 is 10.4 Å². The van der Waals surface area contributed by atoms with Crippen LogP contribution in [0.2, 0.25) is 0 Å². The average molecular weight is 145 g/mol. The molecule has 1 aliphatic heterocycles. The molecule has 0 bridgehead atoms. The second-order valence-electron chi connectivity index (χ2n) is 1.89. The molecule has 0 aliphatic carbocycles. The molecule has 3 heteroatoms. The van der Waals surface area contributed by atoms with Crippen molar-refractivity contribution in [3.63, 3.8) is 0 Å². The van der Waals surface area contributed by atoms with E-state index in [1.807, 2.05) is 17.8 Å². The molecule has 1 rings (SSSR count). The zero-order valence-electron chi connectivity index (χ0n) is 5.26. The van der Waals surface area contributed by atoms with E-state index in [1.165, 1.54) is 11.4 Å². The number of hydrogen-bond acceptors (Lipinski definition) is 3. The van der Waals surface area contributed by atoms with Crippen LogP contribution in [0.4, 0.5) is 0 Å². The van der Waals surface area contributed by atoms with Crippen LogP contribution >= 0.6 is 11.8 Å². The summed E-state index contributed by atoms with van der Waals surface area (Å²) in [4.78, 5) is 0. The third-order valence-electron chi connectivity index (χ3n) is 1.19. The van der Waals surface area contributed by atoms with Gasteiger partial charge >= 0.3 is 0 Å². The highest BCUT2D eigenvalue weighted by Crippen LogP contribution is 2.09. The maximum Gasteiger partial charge on any atom is 0.0632 e. The standard InChI is InChI=1S/C6H11NOS/c8-3-1-6-5-9-4-2-7-6/h1,7-8H,2-5H2/b6-1-. The van der Waals surface area contributed by atoms with Gasteiger partial charge in [0.15, 0.2) is 0 Å². The van der Waals surface area contributed by atoms with E-state index in [9.17, 15) is 0 Å². The molecule has 1 saturated heterocycles. The molecule has 0 aromatic rings. The van der Waals surface area contributed by atoms with Gasteiger partial charge in [-0.05, 0) is 6.08 Å². The van der Waals surface area contributed by atoms with Gasteiger partial charge in [-0.15, -0.1) is 0 Å². The van der Waals surface area contributed by atoms with Gasteiger partial charge in [0.1, 0.15) is 0 Å². The maximum absolute atomic E-state index is 8.49. The fourth-order valence-electron chi connectivity index (χ4n) is 0.758. The highest BCUT2D eigenvalue weighted by Gasteiger charge is 2.01. The summed E-state index contributed by atoms with van der Waals surface area (Å²) in [5.74, 6) is 2.21. The number of thioether (sulfide) groups is 1. The normalized spacial score (nSPS) is 23.9. The highest BCUT2D eigenvalue weighted by atomic mass is 32.2. The molecule has 2 nitrogen and oxygen atoms in total. The summed E-state index contributed by atoms with van der Waals surface area (Å²) < 4.78 is 0. The Hall–Kier alpha value is -0.150. The van der Waals surface area contributed by atoms with Crippen molar-refractivity contribution < 1.29 is 5.11 Å². The van der Waals surface area contributed by atoms with Gasteiger partial charge in [-0.3, -0.25) is 0 Å². The van der Waals surface area contributed by atoms with Crippen LogP contribution in [0.15, 0.2) is 11.8 Å². The predicted octanol–water partition coefficient (Wildman–Crippen LogP) is 0.199. The van der Waals surface area contributed by atoms with Crippen molar-refractivity contribution in [2.24, 2.45) is 0 Å². The monoisotopic (exact) mass is 145 g/mol. The minimum Gasteiger partial charge on any atom is -0.392 e. The lowest BCUT2D eigenvalue weighted by Gasteiger charge is -2.15. The van der Waals surface area contributed by atoms with Crippen LogP contribution in [-0.4, -0.2) is 29.8 Å². The molecule has 0 radical (unpaired) electrons. The molecule has 0 aromatic heterocycles. The van der Waals surface area contributed by atoms with Crippen molar-refractivity contribution in [3.05, 3.63) is 11.8 Å². The van der Waals surface area contributed by atoms with Gasteiger partial charge in [-0.1, -0.05) is 0 Å². The van der Waals surface area contributed by atoms with Crippen molar-refractivity contribution in [1.82, 2.24) is 5.32 Å². The first kappa shape index (κ1) is 6.96. The van der Waals surface area contributed by atoms with Crippen molar-refractivity contribution in [2.75, 3.05) is 24.7 Å². The molecule has 0 unspecified atom stereocenters. The largest absolute Gasteiger partial charge is 0.392 e. The molecule has 0 amide bonds. The minimum atomic E-state index is 0.156. The van der Waals surface area contributed by atoms with E-state index in [1.54, 1.807) is 0 Å². The summed E-state index contributed by atoms with van der Waals surface area (Å²) in [5, 5.41) is 11.7. The molecule has 52 valence electrons. The third-order valence-corrected chi connectivity index (χ3v) is 2.20. The third kappa shape index (κ3) is 2.28. The zero-order valence-corrected chi connectivity index (χ0v) is 6.08. The smallest absolute Gasteiger partial charge is 0.0632 e. The molecule has 0 spiro atoms. The second kappa shape index (κ2) is 3.80. The lowest BCUT2D eigenvalue weighted by Crippen LogP contribution is -2.23. The molecule has 1 fully saturated rings. The Balaban J connectivity index is 2.30. The summed E-state index contributed by atoms with van der Waals surface area (Å²) in [6.45, 7) is 1.19. The fraction of sp³-hybridized carbons (Fsp3) is 0.667. The highest BCUT2D eigenvalue weighted by molar-refractivity contribution is 7.99. The van der Waals surface area contributed by atoms with Crippen LogP contribution < -0.4 is 5.32 Å². The van der Waals surface area contributed by atoms with Gasteiger partial charge in [-0.25, -0.2) is 0 Å². The number of aliphatic hydroxyl groups is 1. The number of hydrogen-bond donors (Lipinski definition) is 2. The first-order valence-electron chi connectivity index (χ1n) is 3.05.